The Labute approximate surface area is 122 Å². The van der Waals surface area contributed by atoms with Crippen LogP contribution in [-0.2, 0) is 13.0 Å². The molecule has 5 heteroatoms. The van der Waals surface area contributed by atoms with Crippen molar-refractivity contribution in [2.75, 3.05) is 0 Å². The Hall–Kier alpha value is -0.910. The molecule has 1 N–H and O–H groups in total. The number of nitrogens with one attached hydrogen (secondary N) is 1. The minimum Gasteiger partial charge on any atom is -0.331 e. The number of fused-ring (bicyclic) bond motifs is 1. The highest BCUT2D eigenvalue weighted by atomic mass is 79.9. The van der Waals surface area contributed by atoms with Gasteiger partial charge in [0.2, 0.25) is 0 Å². The molecule has 0 aliphatic carbocycles. The van der Waals surface area contributed by atoms with Crippen LogP contribution in [0.3, 0.4) is 0 Å². The summed E-state index contributed by atoms with van der Waals surface area (Å²) in [5.41, 5.74) is 2.29. The maximum absolute atomic E-state index is 5.38. The van der Waals surface area contributed by atoms with Crippen LogP contribution in [0.25, 0.3) is 11.0 Å². The van der Waals surface area contributed by atoms with Crippen LogP contribution in [0.5, 0.6) is 0 Å². The molecule has 18 heavy (non-hydrogen) atoms. The Balaban J connectivity index is 1.90. The first kappa shape index (κ1) is 12.1. The van der Waals surface area contributed by atoms with Crippen LogP contribution in [0.4, 0.5) is 0 Å². The van der Waals surface area contributed by atoms with Crippen LogP contribution >= 0.6 is 39.5 Å². The summed E-state index contributed by atoms with van der Waals surface area (Å²) in [5.74, 6) is 0. The molecule has 0 bridgehead atoms. The monoisotopic (exact) mass is 338 g/mol. The van der Waals surface area contributed by atoms with Gasteiger partial charge in [-0.2, -0.15) is 0 Å². The number of thiophene rings is 1. The summed E-state index contributed by atoms with van der Waals surface area (Å²) in [6.07, 6.45) is 1.01. The SMILES string of the molecule is S=c1[nH]c2ccccc2n1CCc1ccc(Br)s1. The molecule has 0 aliphatic rings. The Bertz CT molecular complexity index is 739. The van der Waals surface area contributed by atoms with Crippen molar-refractivity contribution in [3.8, 4) is 0 Å². The van der Waals surface area contributed by atoms with Gasteiger partial charge in [-0.15, -0.1) is 11.3 Å². The predicted molar refractivity (Wildman–Crippen MR) is 82.8 cm³/mol. The van der Waals surface area contributed by atoms with E-state index in [0.29, 0.717) is 0 Å². The van der Waals surface area contributed by atoms with Gasteiger partial charge in [0.1, 0.15) is 0 Å². The van der Waals surface area contributed by atoms with Gasteiger partial charge in [0.05, 0.1) is 14.8 Å². The van der Waals surface area contributed by atoms with E-state index in [4.69, 9.17) is 12.2 Å². The number of hydrogen-bond donors (Lipinski definition) is 1. The third-order valence-corrected chi connectivity index (χ3v) is 4.90. The number of halogens is 1. The lowest BCUT2D eigenvalue weighted by atomic mass is 10.3. The molecule has 3 aromatic rings. The first-order valence-corrected chi connectivity index (χ1v) is 7.67. The summed E-state index contributed by atoms with van der Waals surface area (Å²) >= 11 is 10.6. The van der Waals surface area contributed by atoms with Gasteiger partial charge in [-0.1, -0.05) is 12.1 Å². The number of hydrogen-bond acceptors (Lipinski definition) is 2. The van der Waals surface area contributed by atoms with E-state index in [1.807, 2.05) is 12.1 Å². The smallest absolute Gasteiger partial charge is 0.178 e. The lowest BCUT2D eigenvalue weighted by Gasteiger charge is -2.02. The molecule has 0 unspecified atom stereocenters. The van der Waals surface area contributed by atoms with Crippen molar-refractivity contribution in [3.05, 3.63) is 49.8 Å². The van der Waals surface area contributed by atoms with E-state index >= 15 is 0 Å². The fraction of sp³-hybridized carbons (Fsp3) is 0.154. The number of nitrogens with zero attached hydrogens (tertiary/aromatic N) is 1. The third kappa shape index (κ3) is 2.30. The number of aromatic amines is 1. The second-order valence-corrected chi connectivity index (χ2v) is 6.99. The molecule has 0 radical (unpaired) electrons. The first-order chi connectivity index (χ1) is 8.74. The number of rotatable bonds is 3. The standard InChI is InChI=1S/C13H11BrN2S2/c14-12-6-5-9(18-12)7-8-16-11-4-2-1-3-10(11)15-13(16)17/h1-6H,7-8H2,(H,15,17). The highest BCUT2D eigenvalue weighted by Crippen LogP contribution is 2.23. The number of para-hydroxylation sites is 2. The predicted octanol–water partition coefficient (Wildman–Crippen LogP) is 4.77. The topological polar surface area (TPSA) is 20.7 Å². The van der Waals surface area contributed by atoms with Gasteiger partial charge in [0.25, 0.3) is 0 Å². The quantitative estimate of drug-likeness (QED) is 0.682. The summed E-state index contributed by atoms with van der Waals surface area (Å²) in [6, 6.07) is 12.5. The molecular formula is C13H11BrN2S2. The Morgan fingerprint density at radius 1 is 1.22 bits per heavy atom. The van der Waals surface area contributed by atoms with E-state index in [1.165, 1.54) is 14.2 Å². The van der Waals surface area contributed by atoms with Crippen LogP contribution in [0.15, 0.2) is 40.2 Å². The highest BCUT2D eigenvalue weighted by Gasteiger charge is 2.04. The number of H-pyrrole nitrogens is 1. The van der Waals surface area contributed by atoms with Gasteiger partial charge >= 0.3 is 0 Å². The molecule has 0 saturated carbocycles. The van der Waals surface area contributed by atoms with Crippen molar-refractivity contribution in [2.45, 2.75) is 13.0 Å². The van der Waals surface area contributed by atoms with Gasteiger partial charge in [0.15, 0.2) is 4.77 Å². The fourth-order valence-electron chi connectivity index (χ4n) is 2.04. The summed E-state index contributed by atoms with van der Waals surface area (Å²) in [6.45, 7) is 0.912. The summed E-state index contributed by atoms with van der Waals surface area (Å²) in [4.78, 5) is 4.61. The highest BCUT2D eigenvalue weighted by molar-refractivity contribution is 9.11. The van der Waals surface area contributed by atoms with Crippen LogP contribution in [0.2, 0.25) is 0 Å². The zero-order chi connectivity index (χ0) is 12.5. The van der Waals surface area contributed by atoms with Gasteiger partial charge in [-0.05, 0) is 58.8 Å². The summed E-state index contributed by atoms with van der Waals surface area (Å²) < 4.78 is 4.14. The number of imidazole rings is 1. The van der Waals surface area contributed by atoms with Gasteiger partial charge in [-0.3, -0.25) is 0 Å². The molecule has 2 heterocycles. The van der Waals surface area contributed by atoms with Crippen molar-refractivity contribution in [2.24, 2.45) is 0 Å². The Kier molecular flexibility index (Phi) is 3.37. The van der Waals surface area contributed by atoms with Gasteiger partial charge in [-0.25, -0.2) is 0 Å². The lowest BCUT2D eigenvalue weighted by Crippen LogP contribution is -2.00. The van der Waals surface area contributed by atoms with Crippen LogP contribution < -0.4 is 0 Å². The Morgan fingerprint density at radius 3 is 2.83 bits per heavy atom. The largest absolute Gasteiger partial charge is 0.331 e. The normalized spacial score (nSPS) is 11.2. The molecule has 92 valence electrons. The van der Waals surface area contributed by atoms with Crippen molar-refractivity contribution >= 4 is 50.5 Å². The zero-order valence-electron chi connectivity index (χ0n) is 9.52. The van der Waals surface area contributed by atoms with E-state index in [9.17, 15) is 0 Å². The second kappa shape index (κ2) is 4.99. The molecule has 0 atom stereocenters. The van der Waals surface area contributed by atoms with E-state index in [-0.39, 0.29) is 0 Å². The molecule has 0 amide bonds. The number of aryl methyl sites for hydroxylation is 2. The Morgan fingerprint density at radius 2 is 2.06 bits per heavy atom. The maximum Gasteiger partial charge on any atom is 0.178 e. The molecule has 0 fully saturated rings. The molecule has 0 saturated heterocycles. The van der Waals surface area contributed by atoms with Gasteiger partial charge in [0, 0.05) is 11.4 Å². The number of aromatic nitrogens is 2. The second-order valence-electron chi connectivity index (χ2n) is 4.05. The maximum atomic E-state index is 5.38. The van der Waals surface area contributed by atoms with E-state index in [0.717, 1.165) is 23.3 Å². The van der Waals surface area contributed by atoms with Crippen molar-refractivity contribution < 1.29 is 0 Å². The van der Waals surface area contributed by atoms with Crippen molar-refractivity contribution in [1.29, 1.82) is 0 Å². The fourth-order valence-corrected chi connectivity index (χ4v) is 3.81. The third-order valence-electron chi connectivity index (χ3n) is 2.89. The molecule has 1 aromatic carbocycles. The van der Waals surface area contributed by atoms with E-state index in [1.54, 1.807) is 11.3 Å². The van der Waals surface area contributed by atoms with Crippen LogP contribution in [0, 0.1) is 4.77 Å². The van der Waals surface area contributed by atoms with E-state index < -0.39 is 0 Å². The minimum atomic E-state index is 0.798. The lowest BCUT2D eigenvalue weighted by molar-refractivity contribution is 0.712. The minimum absolute atomic E-state index is 0.798. The molecule has 0 aliphatic heterocycles. The first-order valence-electron chi connectivity index (χ1n) is 5.66. The molecule has 2 aromatic heterocycles. The average molecular weight is 339 g/mol. The van der Waals surface area contributed by atoms with Gasteiger partial charge < -0.3 is 9.55 Å². The summed E-state index contributed by atoms with van der Waals surface area (Å²) in [5, 5.41) is 0. The van der Waals surface area contributed by atoms with Crippen LogP contribution in [-0.4, -0.2) is 9.55 Å². The zero-order valence-corrected chi connectivity index (χ0v) is 12.7. The summed E-state index contributed by atoms with van der Waals surface area (Å²) in [7, 11) is 0. The molecule has 2 nitrogen and oxygen atoms in total. The molecule has 3 rings (SSSR count). The number of benzene rings is 1. The average Bonchev–Trinajstić information content (AvgIpc) is 2.90. The molecule has 0 spiro atoms. The van der Waals surface area contributed by atoms with E-state index in [2.05, 4.69) is 49.7 Å². The van der Waals surface area contributed by atoms with Crippen molar-refractivity contribution in [3.63, 3.8) is 0 Å². The molecular weight excluding hydrogens is 328 g/mol. The van der Waals surface area contributed by atoms with Crippen LogP contribution in [0.1, 0.15) is 4.88 Å². The van der Waals surface area contributed by atoms with Crippen molar-refractivity contribution in [1.82, 2.24) is 9.55 Å².